The molecular weight excluding hydrogens is 523 g/mol. The van der Waals surface area contributed by atoms with Gasteiger partial charge in [0, 0.05) is 30.3 Å². The number of aromatic nitrogens is 1. The smallest absolute Gasteiger partial charge is 0.417 e. The van der Waals surface area contributed by atoms with Crippen molar-refractivity contribution >= 4 is 12.0 Å². The Balaban J connectivity index is 2.07. The van der Waals surface area contributed by atoms with E-state index < -0.39 is 47.2 Å². The summed E-state index contributed by atoms with van der Waals surface area (Å²) in [5, 5.41) is 0. The molecule has 7 nitrogen and oxygen atoms in total. The number of carbonyl (C=O) groups excluding carboxylic acids is 2. The van der Waals surface area contributed by atoms with Crippen molar-refractivity contribution in [2.45, 2.75) is 91.3 Å². The zero-order valence-electron chi connectivity index (χ0n) is 24.4. The van der Waals surface area contributed by atoms with Crippen molar-refractivity contribution in [1.29, 1.82) is 0 Å². The monoisotopic (exact) mass is 563 g/mol. The van der Waals surface area contributed by atoms with Crippen molar-refractivity contribution in [3.05, 3.63) is 59.8 Å². The SMILES string of the molecule is CC(C)N(C(=O)N1[C@H](c2ccccc2)[C@H](COc2ccc(C(F)(F)F)cn2)[C@@H](C)[C@@H]1C(=O)OC(C)(C)C)C(C)C. The van der Waals surface area contributed by atoms with E-state index in [-0.39, 0.29) is 30.6 Å². The third kappa shape index (κ3) is 7.06. The molecular formula is C30H40F3N3O4. The van der Waals surface area contributed by atoms with Gasteiger partial charge in [-0.15, -0.1) is 0 Å². The van der Waals surface area contributed by atoms with Crippen LogP contribution < -0.4 is 4.74 Å². The number of pyridine rings is 1. The number of hydrogen-bond acceptors (Lipinski definition) is 5. The fourth-order valence-corrected chi connectivity index (χ4v) is 5.37. The van der Waals surface area contributed by atoms with E-state index in [9.17, 15) is 22.8 Å². The highest BCUT2D eigenvalue weighted by molar-refractivity contribution is 5.86. The van der Waals surface area contributed by atoms with E-state index in [2.05, 4.69) is 4.98 Å². The molecule has 2 aromatic rings. The van der Waals surface area contributed by atoms with Crippen molar-refractivity contribution in [1.82, 2.24) is 14.8 Å². The predicted molar refractivity (Wildman–Crippen MR) is 146 cm³/mol. The first-order valence-corrected chi connectivity index (χ1v) is 13.6. The highest BCUT2D eigenvalue weighted by Crippen LogP contribution is 2.46. The third-order valence-corrected chi connectivity index (χ3v) is 7.01. The number of alkyl halides is 3. The average Bonchev–Trinajstić information content (AvgIpc) is 3.13. The Bertz CT molecular complexity index is 1140. The molecule has 1 aromatic heterocycles. The molecule has 0 bridgehead atoms. The van der Waals surface area contributed by atoms with E-state index in [1.165, 1.54) is 6.07 Å². The van der Waals surface area contributed by atoms with Gasteiger partial charge in [0.05, 0.1) is 18.2 Å². The van der Waals surface area contributed by atoms with Crippen molar-refractivity contribution in [3.8, 4) is 5.88 Å². The minimum absolute atomic E-state index is 0.0194. The van der Waals surface area contributed by atoms with E-state index in [0.717, 1.165) is 17.8 Å². The van der Waals surface area contributed by atoms with Crippen LogP contribution in [0.25, 0.3) is 0 Å². The van der Waals surface area contributed by atoms with Crippen LogP contribution in [0.4, 0.5) is 18.0 Å². The lowest BCUT2D eigenvalue weighted by molar-refractivity contribution is -0.161. The fraction of sp³-hybridized carbons (Fsp3) is 0.567. The predicted octanol–water partition coefficient (Wildman–Crippen LogP) is 6.74. The summed E-state index contributed by atoms with van der Waals surface area (Å²) in [6.07, 6.45) is -3.78. The van der Waals surface area contributed by atoms with Crippen LogP contribution in [0.5, 0.6) is 5.88 Å². The fourth-order valence-electron chi connectivity index (χ4n) is 5.37. The molecule has 0 saturated carbocycles. The van der Waals surface area contributed by atoms with Gasteiger partial charge in [0.25, 0.3) is 0 Å². The Morgan fingerprint density at radius 2 is 1.60 bits per heavy atom. The van der Waals surface area contributed by atoms with Gasteiger partial charge in [-0.1, -0.05) is 37.3 Å². The number of likely N-dealkylation sites (tertiary alicyclic amines) is 1. The van der Waals surface area contributed by atoms with E-state index >= 15 is 0 Å². The second kappa shape index (κ2) is 12.1. The summed E-state index contributed by atoms with van der Waals surface area (Å²) < 4.78 is 50.7. The molecule has 2 heterocycles. The van der Waals surface area contributed by atoms with Gasteiger partial charge < -0.3 is 19.3 Å². The van der Waals surface area contributed by atoms with E-state index in [1.54, 1.807) is 30.6 Å². The number of nitrogens with zero attached hydrogens (tertiary/aromatic N) is 3. The molecule has 0 N–H and O–H groups in total. The number of ether oxygens (including phenoxy) is 2. The van der Waals surface area contributed by atoms with Gasteiger partial charge in [-0.2, -0.15) is 13.2 Å². The number of hydrogen-bond donors (Lipinski definition) is 0. The van der Waals surface area contributed by atoms with Gasteiger partial charge in [-0.05, 0) is 66.0 Å². The maximum atomic E-state index is 14.3. The minimum atomic E-state index is -4.51. The van der Waals surface area contributed by atoms with Crippen molar-refractivity contribution in [3.63, 3.8) is 0 Å². The summed E-state index contributed by atoms with van der Waals surface area (Å²) in [6, 6.07) is 9.44. The number of benzene rings is 1. The molecule has 10 heteroatoms. The van der Waals surface area contributed by atoms with Gasteiger partial charge in [-0.25, -0.2) is 14.6 Å². The summed E-state index contributed by atoms with van der Waals surface area (Å²) in [7, 11) is 0. The molecule has 4 atom stereocenters. The van der Waals surface area contributed by atoms with Crippen molar-refractivity contribution in [2.24, 2.45) is 11.8 Å². The van der Waals surface area contributed by atoms with Crippen molar-refractivity contribution in [2.75, 3.05) is 6.61 Å². The van der Waals surface area contributed by atoms with E-state index in [4.69, 9.17) is 9.47 Å². The minimum Gasteiger partial charge on any atom is -0.477 e. The van der Waals surface area contributed by atoms with Gasteiger partial charge >= 0.3 is 18.2 Å². The van der Waals surface area contributed by atoms with Crippen LogP contribution in [0, 0.1) is 11.8 Å². The Labute approximate surface area is 234 Å². The van der Waals surface area contributed by atoms with Crippen LogP contribution >= 0.6 is 0 Å². The first-order chi connectivity index (χ1) is 18.5. The maximum Gasteiger partial charge on any atom is 0.417 e. The number of amides is 2. The number of esters is 1. The highest BCUT2D eigenvalue weighted by Gasteiger charge is 2.55. The number of halogens is 3. The number of urea groups is 1. The van der Waals surface area contributed by atoms with Crippen LogP contribution in [0.2, 0.25) is 0 Å². The molecule has 1 aromatic carbocycles. The average molecular weight is 564 g/mol. The van der Waals surface area contributed by atoms with Crippen LogP contribution in [0.15, 0.2) is 48.7 Å². The quantitative estimate of drug-likeness (QED) is 0.349. The lowest BCUT2D eigenvalue weighted by Crippen LogP contribution is -2.54. The molecule has 0 spiro atoms. The molecule has 2 amide bonds. The Morgan fingerprint density at radius 3 is 2.08 bits per heavy atom. The van der Waals surface area contributed by atoms with Crippen LogP contribution in [-0.2, 0) is 15.7 Å². The second-order valence-electron chi connectivity index (χ2n) is 11.8. The van der Waals surface area contributed by atoms with Crippen LogP contribution in [0.3, 0.4) is 0 Å². The summed E-state index contributed by atoms with van der Waals surface area (Å²) in [4.78, 5) is 35.1. The zero-order valence-corrected chi connectivity index (χ0v) is 24.4. The Morgan fingerprint density at radius 1 is 1.00 bits per heavy atom. The molecule has 1 aliphatic rings. The summed E-state index contributed by atoms with van der Waals surface area (Å²) >= 11 is 0. The van der Waals surface area contributed by atoms with Gasteiger partial charge in [-0.3, -0.25) is 0 Å². The van der Waals surface area contributed by atoms with Gasteiger partial charge in [0.15, 0.2) is 0 Å². The van der Waals surface area contributed by atoms with Crippen molar-refractivity contribution < 1.29 is 32.2 Å². The van der Waals surface area contributed by atoms with E-state index in [1.807, 2.05) is 65.0 Å². The topological polar surface area (TPSA) is 72.0 Å². The first-order valence-electron chi connectivity index (χ1n) is 13.6. The largest absolute Gasteiger partial charge is 0.477 e. The molecule has 220 valence electrons. The van der Waals surface area contributed by atoms with Crippen LogP contribution in [0.1, 0.15) is 72.6 Å². The molecule has 0 unspecified atom stereocenters. The number of rotatable bonds is 7. The first kappa shape index (κ1) is 31.2. The Hall–Kier alpha value is -3.30. The molecule has 1 aliphatic heterocycles. The third-order valence-electron chi connectivity index (χ3n) is 7.01. The maximum absolute atomic E-state index is 14.3. The lowest BCUT2D eigenvalue weighted by Gasteiger charge is -2.40. The lowest BCUT2D eigenvalue weighted by atomic mass is 9.86. The normalized spacial score (nSPS) is 21.6. The highest BCUT2D eigenvalue weighted by atomic mass is 19.4. The van der Waals surface area contributed by atoms with Crippen LogP contribution in [-0.4, -0.2) is 57.1 Å². The van der Waals surface area contributed by atoms with Gasteiger partial charge in [0.2, 0.25) is 5.88 Å². The second-order valence-corrected chi connectivity index (χ2v) is 11.8. The molecule has 1 fully saturated rings. The zero-order chi connectivity index (χ0) is 30.0. The molecule has 40 heavy (non-hydrogen) atoms. The molecule has 0 aliphatic carbocycles. The molecule has 3 rings (SSSR count). The number of carbonyl (C=O) groups is 2. The standard InChI is InChI=1S/C30H40F3N3O4/c1-18(2)35(19(3)4)28(38)36-25(27(37)40-29(6,7)8)20(5)23(26(36)21-12-10-9-11-13-21)17-39-24-15-14-22(16-34-24)30(31,32)33/h9-16,18-20,23,25-26H,17H2,1-8H3/t20-,23-,25-,26-/m1/s1. The summed E-state index contributed by atoms with van der Waals surface area (Å²) in [5.74, 6) is -1.29. The molecule has 1 saturated heterocycles. The molecule has 0 radical (unpaired) electrons. The Kier molecular flexibility index (Phi) is 9.42. The summed E-state index contributed by atoms with van der Waals surface area (Å²) in [5.41, 5.74) is -0.835. The van der Waals surface area contributed by atoms with Gasteiger partial charge in [0.1, 0.15) is 11.6 Å². The van der Waals surface area contributed by atoms with E-state index in [0.29, 0.717) is 0 Å². The summed E-state index contributed by atoms with van der Waals surface area (Å²) in [6.45, 7) is 14.9.